The molecule has 0 bridgehead atoms. The smallest absolute Gasteiger partial charge is 0.322 e. The number of aliphatic hydroxyl groups is 1. The number of rotatable bonds is 29. The first-order valence-corrected chi connectivity index (χ1v) is 17.7. The van der Waals surface area contributed by atoms with E-state index in [2.05, 4.69) is 36.9 Å². The Hall–Kier alpha value is -5.99. The molecule has 0 saturated carbocycles. The van der Waals surface area contributed by atoms with Gasteiger partial charge in [0.25, 0.3) is 0 Å². The van der Waals surface area contributed by atoms with Gasteiger partial charge in [-0.2, -0.15) is 0 Å². The number of hydrogen-bond donors (Lipinski definition) is 13. The van der Waals surface area contributed by atoms with E-state index in [0.717, 1.165) is 0 Å². The van der Waals surface area contributed by atoms with Crippen LogP contribution in [0.4, 0.5) is 0 Å². The topological polar surface area (TPSA) is 421 Å². The van der Waals surface area contributed by atoms with Crippen molar-refractivity contribution >= 4 is 66.0 Å². The predicted octanol–water partition coefficient (Wildman–Crippen LogP) is -7.01. The summed E-state index contributed by atoms with van der Waals surface area (Å²) in [5.41, 5.74) is 16.4. The summed E-state index contributed by atoms with van der Waals surface area (Å²) in [7, 11) is 0. The van der Waals surface area contributed by atoms with Gasteiger partial charge in [-0.25, -0.2) is 10.1 Å². The highest BCUT2D eigenvalue weighted by atomic mass is 16.5. The standard InChI is InChI=1S/C31H52N12O14/c32-17(14-44)26-35-10-9-22(37-26)31(55)39-19(4-2-12-43(57)16-46)28(52)40-21(6-8-24(34)48)30(54)41-20(5-7-23(33)47)29(53)38-18(3-1-11-42(56)15-45)27(51)36-13-25(49)50/h15-22,44,56-57H,1-14,32H2,(H2,33,47)(H2,34,48)(H,35,37)(H,36,51)(H,38,53)(H,39,55)(H,40,52)(H,41,54)(H,49,50)/t17-,18+,19+,20-,21+,22+/m1/s1. The van der Waals surface area contributed by atoms with E-state index in [-0.39, 0.29) is 75.5 Å². The van der Waals surface area contributed by atoms with Gasteiger partial charge in [0.15, 0.2) is 0 Å². The average Bonchev–Trinajstić information content (AvgIpc) is 3.17. The molecule has 0 saturated heterocycles. The fourth-order valence-electron chi connectivity index (χ4n) is 5.16. The lowest BCUT2D eigenvalue weighted by Crippen LogP contribution is -2.60. The second kappa shape index (κ2) is 26.0. The van der Waals surface area contributed by atoms with Gasteiger partial charge in [-0.05, 0) is 44.9 Å². The van der Waals surface area contributed by atoms with Crippen LogP contribution < -0.4 is 49.1 Å². The monoisotopic (exact) mass is 816 g/mol. The zero-order valence-electron chi connectivity index (χ0n) is 31.0. The summed E-state index contributed by atoms with van der Waals surface area (Å²) < 4.78 is 0. The first-order chi connectivity index (χ1) is 26.9. The molecule has 320 valence electrons. The van der Waals surface area contributed by atoms with Crippen molar-refractivity contribution < 1.29 is 68.6 Å². The van der Waals surface area contributed by atoms with Crippen molar-refractivity contribution in [3.63, 3.8) is 0 Å². The maximum atomic E-state index is 13.7. The Morgan fingerprint density at radius 3 is 1.60 bits per heavy atom. The largest absolute Gasteiger partial charge is 0.480 e. The van der Waals surface area contributed by atoms with Crippen LogP contribution in [-0.4, -0.2) is 166 Å². The van der Waals surface area contributed by atoms with Crippen molar-refractivity contribution in [1.82, 2.24) is 42.0 Å². The highest BCUT2D eigenvalue weighted by Crippen LogP contribution is 2.09. The Labute approximate surface area is 325 Å². The van der Waals surface area contributed by atoms with E-state index in [0.29, 0.717) is 5.06 Å². The summed E-state index contributed by atoms with van der Waals surface area (Å²) in [4.78, 5) is 127. The molecule has 1 aliphatic heterocycles. The minimum absolute atomic E-state index is 0.0476. The first-order valence-electron chi connectivity index (χ1n) is 17.7. The molecule has 16 N–H and O–H groups in total. The first kappa shape index (κ1) is 49.0. The van der Waals surface area contributed by atoms with Crippen LogP contribution in [0.3, 0.4) is 0 Å². The van der Waals surface area contributed by atoms with Gasteiger partial charge in [-0.3, -0.25) is 63.4 Å². The van der Waals surface area contributed by atoms with Crippen LogP contribution in [-0.2, 0) is 47.9 Å². The molecular weight excluding hydrogens is 764 g/mol. The Kier molecular flexibility index (Phi) is 22.3. The molecule has 0 aromatic heterocycles. The summed E-state index contributed by atoms with van der Waals surface area (Å²) in [6.07, 6.45) is -2.05. The molecule has 1 heterocycles. The van der Waals surface area contributed by atoms with Crippen LogP contribution in [0.2, 0.25) is 0 Å². The lowest BCUT2D eigenvalue weighted by atomic mass is 10.0. The van der Waals surface area contributed by atoms with Crippen LogP contribution in [0.5, 0.6) is 0 Å². The molecule has 0 aromatic rings. The lowest BCUT2D eigenvalue weighted by molar-refractivity contribution is -0.150. The van der Waals surface area contributed by atoms with E-state index in [9.17, 15) is 63.5 Å². The second-order valence-corrected chi connectivity index (χ2v) is 12.7. The van der Waals surface area contributed by atoms with E-state index in [1.54, 1.807) is 0 Å². The molecule has 6 atom stereocenters. The number of amidine groups is 1. The summed E-state index contributed by atoms with van der Waals surface area (Å²) in [6, 6.07) is -8.04. The molecule has 0 unspecified atom stereocenters. The van der Waals surface area contributed by atoms with Crippen molar-refractivity contribution in [2.24, 2.45) is 22.2 Å². The number of aliphatic hydroxyl groups excluding tert-OH is 1. The van der Waals surface area contributed by atoms with Crippen LogP contribution in [0.1, 0.15) is 57.8 Å². The van der Waals surface area contributed by atoms with Crippen LogP contribution in [0.25, 0.3) is 0 Å². The van der Waals surface area contributed by atoms with Gasteiger partial charge in [0, 0.05) is 32.5 Å². The van der Waals surface area contributed by atoms with E-state index >= 15 is 0 Å². The third-order valence-corrected chi connectivity index (χ3v) is 8.19. The lowest BCUT2D eigenvalue weighted by Gasteiger charge is -2.29. The van der Waals surface area contributed by atoms with E-state index in [1.165, 1.54) is 0 Å². The minimum Gasteiger partial charge on any atom is -0.480 e. The predicted molar refractivity (Wildman–Crippen MR) is 192 cm³/mol. The molecule has 26 heteroatoms. The summed E-state index contributed by atoms with van der Waals surface area (Å²) >= 11 is 0. The number of aliphatic carboxylic acids is 1. The van der Waals surface area contributed by atoms with Crippen molar-refractivity contribution in [3.8, 4) is 0 Å². The second-order valence-electron chi connectivity index (χ2n) is 12.7. The number of carbonyl (C=O) groups excluding carboxylic acids is 9. The van der Waals surface area contributed by atoms with E-state index in [1.807, 2.05) is 0 Å². The van der Waals surface area contributed by atoms with Crippen molar-refractivity contribution in [1.29, 1.82) is 0 Å². The fourth-order valence-corrected chi connectivity index (χ4v) is 5.16. The Morgan fingerprint density at radius 1 is 0.754 bits per heavy atom. The number of carbonyl (C=O) groups is 10. The average molecular weight is 817 g/mol. The summed E-state index contributed by atoms with van der Waals surface area (Å²) in [6.45, 7) is -1.71. The fraction of sp³-hybridized carbons (Fsp3) is 0.645. The molecule has 9 amide bonds. The zero-order valence-corrected chi connectivity index (χ0v) is 31.0. The number of nitrogens with zero attached hydrogens (tertiary/aromatic N) is 3. The summed E-state index contributed by atoms with van der Waals surface area (Å²) in [5, 5.41) is 52.3. The molecule has 0 aliphatic carbocycles. The third-order valence-electron chi connectivity index (χ3n) is 8.19. The molecule has 57 heavy (non-hydrogen) atoms. The van der Waals surface area contributed by atoms with Crippen molar-refractivity contribution in [3.05, 3.63) is 0 Å². The third kappa shape index (κ3) is 19.4. The quantitative estimate of drug-likeness (QED) is 0.0189. The molecule has 0 spiro atoms. The molecule has 1 aliphatic rings. The molecule has 0 aromatic carbocycles. The number of hydroxylamine groups is 4. The van der Waals surface area contributed by atoms with Crippen molar-refractivity contribution in [2.75, 3.05) is 32.8 Å². The Balaban J connectivity index is 3.34. The molecule has 26 nitrogen and oxygen atoms in total. The molecule has 0 radical (unpaired) electrons. The van der Waals surface area contributed by atoms with Gasteiger partial charge >= 0.3 is 5.97 Å². The van der Waals surface area contributed by atoms with Gasteiger partial charge in [-0.1, -0.05) is 0 Å². The van der Waals surface area contributed by atoms with Crippen LogP contribution >= 0.6 is 0 Å². The SMILES string of the molecule is NC(=O)CC[C@H](NC(=O)[C@H](CCCN(O)C=O)NC(=O)[C@@H]1CCN=C([C@H](N)CO)N1)C(=O)N[C@H](CCC(N)=O)C(=O)N[C@@H](CCCN(O)C=O)C(=O)NCC(=O)O. The molecular formula is C31H52N12O14. The number of nitrogens with two attached hydrogens (primary N) is 3. The van der Waals surface area contributed by atoms with Crippen molar-refractivity contribution in [2.45, 2.75) is 94.0 Å². The van der Waals surface area contributed by atoms with Gasteiger partial charge in [0.1, 0.15) is 42.6 Å². The highest BCUT2D eigenvalue weighted by Gasteiger charge is 2.33. The zero-order chi connectivity index (χ0) is 43.1. The van der Waals surface area contributed by atoms with Gasteiger partial charge in [0.2, 0.25) is 54.2 Å². The normalized spacial score (nSPS) is 16.0. The maximum absolute atomic E-state index is 13.7. The molecule has 1 rings (SSSR count). The molecule has 0 fully saturated rings. The van der Waals surface area contributed by atoms with Crippen LogP contribution in [0.15, 0.2) is 4.99 Å². The number of carboxylic acid groups (broad SMARTS) is 1. The minimum atomic E-state index is -1.63. The number of aliphatic imine (C=N–C) groups is 1. The van der Waals surface area contributed by atoms with E-state index in [4.69, 9.17) is 22.3 Å². The van der Waals surface area contributed by atoms with Crippen LogP contribution in [0, 0.1) is 0 Å². The van der Waals surface area contributed by atoms with Gasteiger partial charge < -0.3 is 59.3 Å². The maximum Gasteiger partial charge on any atom is 0.322 e. The number of hydrogen-bond acceptors (Lipinski definition) is 16. The number of nitrogens with one attached hydrogen (secondary N) is 6. The van der Waals surface area contributed by atoms with E-state index < -0.39 is 122 Å². The summed E-state index contributed by atoms with van der Waals surface area (Å²) in [5.74, 6) is -7.91. The van der Waals surface area contributed by atoms with Gasteiger partial charge in [-0.15, -0.1) is 0 Å². The Bertz CT molecular complexity index is 1470. The van der Waals surface area contributed by atoms with Gasteiger partial charge in [0.05, 0.1) is 12.6 Å². The Morgan fingerprint density at radius 2 is 1.19 bits per heavy atom. The highest BCUT2D eigenvalue weighted by molar-refractivity contribution is 5.98. The number of amides is 9. The number of primary amides is 2. The number of carboxylic acids is 1.